The van der Waals surface area contributed by atoms with Gasteiger partial charge in [0.1, 0.15) is 6.33 Å². The minimum Gasteiger partial charge on any atom is -0.394 e. The van der Waals surface area contributed by atoms with Crippen LogP contribution >= 0.6 is 0 Å². The Morgan fingerprint density at radius 2 is 1.93 bits per heavy atom. The zero-order valence-electron chi connectivity index (χ0n) is 8.46. The van der Waals surface area contributed by atoms with Crippen molar-refractivity contribution in [3.63, 3.8) is 0 Å². The predicted octanol–water partition coefficient (Wildman–Crippen LogP) is 1.83. The molecule has 15 heavy (non-hydrogen) atoms. The van der Waals surface area contributed by atoms with E-state index in [1.54, 1.807) is 6.20 Å². The molecule has 1 aromatic carbocycles. The van der Waals surface area contributed by atoms with Gasteiger partial charge in [-0.2, -0.15) is 0 Å². The van der Waals surface area contributed by atoms with Gasteiger partial charge in [0, 0.05) is 12.7 Å². The normalized spacial score (nSPS) is 9.93. The van der Waals surface area contributed by atoms with Crippen LogP contribution in [0.5, 0.6) is 0 Å². The van der Waals surface area contributed by atoms with Gasteiger partial charge in [0.25, 0.3) is 0 Å². The first kappa shape index (κ1) is 9.45. The Balaban J connectivity index is 2.37. The quantitative estimate of drug-likeness (QED) is 0.803. The van der Waals surface area contributed by atoms with Crippen LogP contribution < -0.4 is 10.6 Å². The van der Waals surface area contributed by atoms with E-state index in [1.165, 1.54) is 6.33 Å². The maximum Gasteiger partial charge on any atom is 0.159 e. The molecule has 76 valence electrons. The maximum absolute atomic E-state index is 5.79. The molecule has 0 fully saturated rings. The van der Waals surface area contributed by atoms with Gasteiger partial charge in [0.15, 0.2) is 5.82 Å². The van der Waals surface area contributed by atoms with Gasteiger partial charge in [0.05, 0.1) is 11.9 Å². The Morgan fingerprint density at radius 1 is 1.20 bits per heavy atom. The molecule has 0 saturated carbocycles. The van der Waals surface area contributed by atoms with Gasteiger partial charge in [-0.3, -0.25) is 0 Å². The fraction of sp³-hybridized carbons (Fsp3) is 0.0909. The summed E-state index contributed by atoms with van der Waals surface area (Å²) in [6, 6.07) is 9.93. The second-order valence-corrected chi connectivity index (χ2v) is 3.20. The number of anilines is 3. The van der Waals surface area contributed by atoms with Crippen molar-refractivity contribution in [1.82, 2.24) is 9.97 Å². The zero-order chi connectivity index (χ0) is 10.7. The lowest BCUT2D eigenvalue weighted by Crippen LogP contribution is -2.13. The summed E-state index contributed by atoms with van der Waals surface area (Å²) >= 11 is 0. The second kappa shape index (κ2) is 3.96. The summed E-state index contributed by atoms with van der Waals surface area (Å²) < 4.78 is 0. The number of nitrogens with two attached hydrogens (primary N) is 1. The van der Waals surface area contributed by atoms with Crippen LogP contribution in [0.4, 0.5) is 17.2 Å². The van der Waals surface area contributed by atoms with Crippen molar-refractivity contribution in [2.75, 3.05) is 17.7 Å². The number of para-hydroxylation sites is 1. The molecular formula is C11H12N4. The standard InChI is InChI=1S/C11H12N4/c1-15(9-5-3-2-4-6-9)11-10(12)7-13-8-14-11/h2-8H,12H2,1H3. The van der Waals surface area contributed by atoms with Crippen molar-refractivity contribution >= 4 is 17.2 Å². The van der Waals surface area contributed by atoms with Crippen molar-refractivity contribution in [1.29, 1.82) is 0 Å². The van der Waals surface area contributed by atoms with E-state index < -0.39 is 0 Å². The van der Waals surface area contributed by atoms with E-state index in [-0.39, 0.29) is 0 Å². The van der Waals surface area contributed by atoms with Gasteiger partial charge in [-0.15, -0.1) is 0 Å². The van der Waals surface area contributed by atoms with Gasteiger partial charge in [-0.1, -0.05) is 18.2 Å². The first-order chi connectivity index (χ1) is 7.29. The molecule has 4 nitrogen and oxygen atoms in total. The highest BCUT2D eigenvalue weighted by molar-refractivity contribution is 5.69. The van der Waals surface area contributed by atoms with Crippen LogP contribution in [0.15, 0.2) is 42.9 Å². The van der Waals surface area contributed by atoms with E-state index >= 15 is 0 Å². The zero-order valence-corrected chi connectivity index (χ0v) is 8.46. The van der Waals surface area contributed by atoms with Crippen molar-refractivity contribution in [2.24, 2.45) is 0 Å². The van der Waals surface area contributed by atoms with E-state index in [1.807, 2.05) is 42.3 Å². The van der Waals surface area contributed by atoms with Gasteiger partial charge >= 0.3 is 0 Å². The van der Waals surface area contributed by atoms with Crippen LogP contribution in [0.25, 0.3) is 0 Å². The van der Waals surface area contributed by atoms with Crippen LogP contribution in [0.2, 0.25) is 0 Å². The number of hydrogen-bond acceptors (Lipinski definition) is 4. The lowest BCUT2D eigenvalue weighted by Gasteiger charge is -2.19. The fourth-order valence-electron chi connectivity index (χ4n) is 1.39. The number of aromatic nitrogens is 2. The molecule has 4 heteroatoms. The topological polar surface area (TPSA) is 55.0 Å². The highest BCUT2D eigenvalue weighted by Crippen LogP contribution is 2.24. The Kier molecular flexibility index (Phi) is 2.49. The Hall–Kier alpha value is -2.10. The molecule has 0 atom stereocenters. The van der Waals surface area contributed by atoms with E-state index in [0.717, 1.165) is 11.5 Å². The van der Waals surface area contributed by atoms with Crippen molar-refractivity contribution in [2.45, 2.75) is 0 Å². The summed E-state index contributed by atoms with van der Waals surface area (Å²) in [6.45, 7) is 0. The molecule has 0 radical (unpaired) electrons. The molecule has 1 aromatic heterocycles. The molecule has 0 aliphatic carbocycles. The van der Waals surface area contributed by atoms with E-state index in [4.69, 9.17) is 5.73 Å². The molecular weight excluding hydrogens is 188 g/mol. The van der Waals surface area contributed by atoms with Crippen LogP contribution in [0, 0.1) is 0 Å². The monoisotopic (exact) mass is 200 g/mol. The third-order valence-corrected chi connectivity index (χ3v) is 2.18. The van der Waals surface area contributed by atoms with E-state index in [2.05, 4.69) is 9.97 Å². The Bertz CT molecular complexity index is 441. The van der Waals surface area contributed by atoms with Crippen LogP contribution in [0.1, 0.15) is 0 Å². The molecule has 0 unspecified atom stereocenters. The van der Waals surface area contributed by atoms with Gasteiger partial charge < -0.3 is 10.6 Å². The Labute approximate surface area is 88.4 Å². The fourth-order valence-corrected chi connectivity index (χ4v) is 1.39. The molecule has 2 rings (SSSR count). The molecule has 0 aliphatic heterocycles. The van der Waals surface area contributed by atoms with Crippen LogP contribution in [-0.2, 0) is 0 Å². The largest absolute Gasteiger partial charge is 0.394 e. The summed E-state index contributed by atoms with van der Waals surface area (Å²) in [5, 5.41) is 0. The summed E-state index contributed by atoms with van der Waals surface area (Å²) in [4.78, 5) is 9.93. The summed E-state index contributed by atoms with van der Waals surface area (Å²) in [5.41, 5.74) is 7.41. The van der Waals surface area contributed by atoms with Gasteiger partial charge in [0.2, 0.25) is 0 Å². The van der Waals surface area contributed by atoms with Crippen LogP contribution in [-0.4, -0.2) is 17.0 Å². The highest BCUT2D eigenvalue weighted by Gasteiger charge is 2.07. The molecule has 0 saturated heterocycles. The predicted molar refractivity (Wildman–Crippen MR) is 60.9 cm³/mol. The summed E-state index contributed by atoms with van der Waals surface area (Å²) in [7, 11) is 1.92. The van der Waals surface area contributed by atoms with Crippen molar-refractivity contribution in [3.8, 4) is 0 Å². The second-order valence-electron chi connectivity index (χ2n) is 3.20. The molecule has 2 aromatic rings. The molecule has 0 aliphatic rings. The van der Waals surface area contributed by atoms with Gasteiger partial charge in [-0.05, 0) is 12.1 Å². The number of hydrogen-bond donors (Lipinski definition) is 1. The SMILES string of the molecule is CN(c1ccccc1)c1ncncc1N. The molecule has 2 N–H and O–H groups in total. The minimum atomic E-state index is 0.573. The minimum absolute atomic E-state index is 0.573. The number of benzene rings is 1. The number of rotatable bonds is 2. The van der Waals surface area contributed by atoms with Crippen LogP contribution in [0.3, 0.4) is 0 Å². The lowest BCUT2D eigenvalue weighted by atomic mass is 10.3. The van der Waals surface area contributed by atoms with Crippen molar-refractivity contribution in [3.05, 3.63) is 42.9 Å². The maximum atomic E-state index is 5.79. The van der Waals surface area contributed by atoms with Crippen molar-refractivity contribution < 1.29 is 0 Å². The first-order valence-corrected chi connectivity index (χ1v) is 4.63. The van der Waals surface area contributed by atoms with E-state index in [0.29, 0.717) is 5.69 Å². The number of nitrogens with zero attached hydrogens (tertiary/aromatic N) is 3. The molecule has 0 bridgehead atoms. The third kappa shape index (κ3) is 1.88. The average molecular weight is 200 g/mol. The first-order valence-electron chi connectivity index (χ1n) is 4.63. The third-order valence-electron chi connectivity index (χ3n) is 2.18. The highest BCUT2D eigenvalue weighted by atomic mass is 15.2. The summed E-state index contributed by atoms with van der Waals surface area (Å²) in [5.74, 6) is 0.719. The molecule has 1 heterocycles. The van der Waals surface area contributed by atoms with Gasteiger partial charge in [-0.25, -0.2) is 9.97 Å². The smallest absolute Gasteiger partial charge is 0.159 e. The van der Waals surface area contributed by atoms with E-state index in [9.17, 15) is 0 Å². The average Bonchev–Trinajstić information content (AvgIpc) is 2.30. The summed E-state index contributed by atoms with van der Waals surface area (Å²) in [6.07, 6.45) is 3.09. The molecule has 0 amide bonds. The molecule has 0 spiro atoms. The lowest BCUT2D eigenvalue weighted by molar-refractivity contribution is 1.08. The Morgan fingerprint density at radius 3 is 2.60 bits per heavy atom. The number of nitrogen functional groups attached to an aromatic ring is 1.